The van der Waals surface area contributed by atoms with Crippen molar-refractivity contribution in [3.05, 3.63) is 32.7 Å². The smallest absolute Gasteiger partial charge is 0.252 e. The molecule has 1 rings (SSSR count). The first-order valence-electron chi connectivity index (χ1n) is 5.81. The van der Waals surface area contributed by atoms with Crippen LogP contribution in [0.25, 0.3) is 0 Å². The van der Waals surface area contributed by atoms with Crippen LogP contribution in [-0.4, -0.2) is 23.7 Å². The molecular weight excluding hydrogens is 362 g/mol. The van der Waals surface area contributed by atoms with Crippen molar-refractivity contribution < 1.29 is 9.90 Å². The van der Waals surface area contributed by atoms with Gasteiger partial charge in [-0.15, -0.1) is 0 Å². The van der Waals surface area contributed by atoms with Crippen LogP contribution < -0.4 is 5.32 Å². The highest BCUT2D eigenvalue weighted by Gasteiger charge is 2.12. The first-order valence-corrected chi connectivity index (χ1v) is 7.40. The average molecular weight is 379 g/mol. The molecule has 5 heteroatoms. The molecule has 1 amide bonds. The minimum Gasteiger partial charge on any atom is -0.391 e. The minimum absolute atomic E-state index is 0.183. The number of nitrogens with one attached hydrogen (secondary N) is 1. The summed E-state index contributed by atoms with van der Waals surface area (Å²) in [5.74, 6) is 0.230. The summed E-state index contributed by atoms with van der Waals surface area (Å²) in [7, 11) is 0. The highest BCUT2D eigenvalue weighted by atomic mass is 79.9. The summed E-state index contributed by atoms with van der Waals surface area (Å²) < 4.78 is 1.64. The second-order valence-electron chi connectivity index (χ2n) is 4.62. The van der Waals surface area contributed by atoms with Crippen molar-refractivity contribution in [3.8, 4) is 0 Å². The number of aliphatic hydroxyl groups is 1. The highest BCUT2D eigenvalue weighted by Crippen LogP contribution is 2.21. The first kappa shape index (κ1) is 15.7. The zero-order valence-corrected chi connectivity index (χ0v) is 13.6. The Morgan fingerprint density at radius 1 is 1.39 bits per heavy atom. The van der Waals surface area contributed by atoms with Crippen molar-refractivity contribution in [2.45, 2.75) is 26.4 Å². The molecule has 0 saturated carbocycles. The Balaban J connectivity index is 2.55. The maximum atomic E-state index is 11.9. The van der Waals surface area contributed by atoms with Gasteiger partial charge in [0, 0.05) is 15.5 Å². The number of carbonyl (C=O) groups excluding carboxylic acids is 1. The van der Waals surface area contributed by atoms with Crippen molar-refractivity contribution in [1.82, 2.24) is 5.32 Å². The van der Waals surface area contributed by atoms with E-state index < -0.39 is 6.10 Å². The fourth-order valence-corrected chi connectivity index (χ4v) is 2.83. The van der Waals surface area contributed by atoms with Crippen molar-refractivity contribution >= 4 is 37.8 Å². The van der Waals surface area contributed by atoms with Gasteiger partial charge in [0.15, 0.2) is 0 Å². The van der Waals surface area contributed by atoms with E-state index in [-0.39, 0.29) is 12.5 Å². The maximum Gasteiger partial charge on any atom is 0.252 e. The van der Waals surface area contributed by atoms with Gasteiger partial charge < -0.3 is 10.4 Å². The lowest BCUT2D eigenvalue weighted by Crippen LogP contribution is -2.32. The molecule has 0 aliphatic rings. The van der Waals surface area contributed by atoms with Gasteiger partial charge >= 0.3 is 0 Å². The normalized spacial score (nSPS) is 12.6. The molecule has 1 unspecified atom stereocenters. The molecule has 0 bridgehead atoms. The summed E-state index contributed by atoms with van der Waals surface area (Å²) in [5.41, 5.74) is 0.565. The third-order valence-corrected chi connectivity index (χ3v) is 3.57. The van der Waals surface area contributed by atoms with E-state index in [1.54, 1.807) is 6.07 Å². The van der Waals surface area contributed by atoms with E-state index in [2.05, 4.69) is 37.2 Å². The molecule has 2 N–H and O–H groups in total. The van der Waals surface area contributed by atoms with Crippen LogP contribution in [0.2, 0.25) is 0 Å². The number of hydrogen-bond acceptors (Lipinski definition) is 2. The summed E-state index contributed by atoms with van der Waals surface area (Å²) in [6.07, 6.45) is 0.185. The lowest BCUT2D eigenvalue weighted by Gasteiger charge is -2.14. The van der Waals surface area contributed by atoms with Crippen molar-refractivity contribution in [2.24, 2.45) is 5.92 Å². The van der Waals surface area contributed by atoms with Gasteiger partial charge in [0.1, 0.15) is 0 Å². The summed E-state index contributed by atoms with van der Waals surface area (Å²) >= 11 is 6.67. The van der Waals surface area contributed by atoms with Gasteiger partial charge in [-0.05, 0) is 46.5 Å². The molecule has 0 aliphatic heterocycles. The lowest BCUT2D eigenvalue weighted by molar-refractivity contribution is 0.0899. The van der Waals surface area contributed by atoms with Gasteiger partial charge in [-0.25, -0.2) is 0 Å². The molecular formula is C13H17Br2NO2. The number of aliphatic hydroxyl groups excluding tert-OH is 1. The number of amides is 1. The molecule has 0 spiro atoms. The minimum atomic E-state index is -0.497. The molecule has 18 heavy (non-hydrogen) atoms. The fraction of sp³-hybridized carbons (Fsp3) is 0.462. The lowest BCUT2D eigenvalue weighted by atomic mass is 10.1. The molecule has 0 aliphatic carbocycles. The molecule has 0 aromatic heterocycles. The number of carbonyl (C=O) groups is 1. The number of rotatable bonds is 5. The third-order valence-electron chi connectivity index (χ3n) is 2.42. The van der Waals surface area contributed by atoms with E-state index in [9.17, 15) is 9.90 Å². The van der Waals surface area contributed by atoms with Gasteiger partial charge in [0.05, 0.1) is 11.7 Å². The predicted molar refractivity (Wildman–Crippen MR) is 79.6 cm³/mol. The molecule has 1 atom stereocenters. The Hall–Kier alpha value is -0.390. The predicted octanol–water partition coefficient (Wildman–Crippen LogP) is 3.35. The van der Waals surface area contributed by atoms with Crippen LogP contribution in [0.3, 0.4) is 0 Å². The van der Waals surface area contributed by atoms with Crippen LogP contribution in [0.4, 0.5) is 0 Å². The number of halogens is 2. The van der Waals surface area contributed by atoms with Gasteiger partial charge in [-0.1, -0.05) is 29.8 Å². The monoisotopic (exact) mass is 377 g/mol. The number of benzene rings is 1. The molecule has 0 saturated heterocycles. The molecule has 100 valence electrons. The summed E-state index contributed by atoms with van der Waals surface area (Å²) in [6, 6.07) is 5.36. The average Bonchev–Trinajstić information content (AvgIpc) is 2.25. The standard InChI is InChI=1S/C13H17Br2NO2/c1-8(2)5-10(17)7-16-13(18)11-4-3-9(14)6-12(11)15/h3-4,6,8,10,17H,5,7H2,1-2H3,(H,16,18). The van der Waals surface area contributed by atoms with E-state index in [4.69, 9.17) is 0 Å². The topological polar surface area (TPSA) is 49.3 Å². The second-order valence-corrected chi connectivity index (χ2v) is 6.39. The Morgan fingerprint density at radius 2 is 2.06 bits per heavy atom. The molecule has 0 radical (unpaired) electrons. The SMILES string of the molecule is CC(C)CC(O)CNC(=O)c1ccc(Br)cc1Br. The molecule has 1 aromatic rings. The van der Waals surface area contributed by atoms with Crippen molar-refractivity contribution in [3.63, 3.8) is 0 Å². The van der Waals surface area contributed by atoms with Crippen molar-refractivity contribution in [1.29, 1.82) is 0 Å². The molecule has 1 aromatic carbocycles. The fourth-order valence-electron chi connectivity index (χ4n) is 1.61. The number of hydrogen-bond donors (Lipinski definition) is 2. The summed E-state index contributed by atoms with van der Waals surface area (Å²) in [6.45, 7) is 4.35. The van der Waals surface area contributed by atoms with E-state index in [0.717, 1.165) is 8.95 Å². The van der Waals surface area contributed by atoms with Gasteiger partial charge in [0.2, 0.25) is 0 Å². The van der Waals surface area contributed by atoms with E-state index in [1.807, 2.05) is 26.0 Å². The Kier molecular flexibility index (Phi) is 6.32. The van der Waals surface area contributed by atoms with Crippen LogP contribution >= 0.6 is 31.9 Å². The van der Waals surface area contributed by atoms with Crippen LogP contribution in [0, 0.1) is 5.92 Å². The van der Waals surface area contributed by atoms with Crippen LogP contribution in [0.15, 0.2) is 27.1 Å². The Labute approximate surface area is 124 Å². The van der Waals surface area contributed by atoms with Crippen molar-refractivity contribution in [2.75, 3.05) is 6.54 Å². The largest absolute Gasteiger partial charge is 0.391 e. The zero-order valence-electron chi connectivity index (χ0n) is 10.4. The second kappa shape index (κ2) is 7.26. The Morgan fingerprint density at radius 3 is 2.61 bits per heavy atom. The first-order chi connectivity index (χ1) is 8.40. The maximum absolute atomic E-state index is 11.9. The van der Waals surface area contributed by atoms with E-state index in [1.165, 1.54) is 0 Å². The van der Waals surface area contributed by atoms with E-state index in [0.29, 0.717) is 17.9 Å². The highest BCUT2D eigenvalue weighted by molar-refractivity contribution is 9.11. The van der Waals surface area contributed by atoms with Gasteiger partial charge in [0.25, 0.3) is 5.91 Å². The molecule has 0 heterocycles. The van der Waals surface area contributed by atoms with Gasteiger partial charge in [-0.3, -0.25) is 4.79 Å². The Bertz CT molecular complexity index is 421. The molecule has 0 fully saturated rings. The van der Waals surface area contributed by atoms with Crippen LogP contribution in [0.1, 0.15) is 30.6 Å². The van der Waals surface area contributed by atoms with Crippen LogP contribution in [0.5, 0.6) is 0 Å². The molecule has 3 nitrogen and oxygen atoms in total. The van der Waals surface area contributed by atoms with E-state index >= 15 is 0 Å². The zero-order chi connectivity index (χ0) is 13.7. The quantitative estimate of drug-likeness (QED) is 0.825. The van der Waals surface area contributed by atoms with Gasteiger partial charge in [-0.2, -0.15) is 0 Å². The summed E-state index contributed by atoms with van der Waals surface area (Å²) in [5, 5.41) is 12.4. The third kappa shape index (κ3) is 5.08. The van der Waals surface area contributed by atoms with Crippen LogP contribution in [-0.2, 0) is 0 Å². The summed E-state index contributed by atoms with van der Waals surface area (Å²) in [4.78, 5) is 11.9.